The maximum Gasteiger partial charge on any atom is 0.305 e. The van der Waals surface area contributed by atoms with E-state index in [-0.39, 0.29) is 5.97 Å². The summed E-state index contributed by atoms with van der Waals surface area (Å²) in [5.41, 5.74) is 1.46. The van der Waals surface area contributed by atoms with E-state index in [1.54, 1.807) is 0 Å². The molecule has 0 heterocycles. The molecule has 0 aromatic rings. The van der Waals surface area contributed by atoms with Crippen LogP contribution < -0.4 is 0 Å². The second-order valence-electron chi connectivity index (χ2n) is 6.47. The minimum atomic E-state index is -0.0741. The molecule has 0 aromatic heterocycles. The molecule has 0 aliphatic rings. The fraction of sp³-hybridized carbons (Fsp3) is 0.850. The molecule has 0 aliphatic heterocycles. The second-order valence-corrected chi connectivity index (χ2v) is 6.47. The number of ether oxygens (including phenoxy) is 1. The van der Waals surface area contributed by atoms with Gasteiger partial charge in [-0.05, 0) is 32.1 Å². The number of allylic oxidation sites excluding steroid dienone is 1. The SMILES string of the molecule is C=C(CCCCCC)CCCCCCCCCCC(=O)OC. The number of carbonyl (C=O) groups is 1. The first-order valence-electron chi connectivity index (χ1n) is 9.44. The summed E-state index contributed by atoms with van der Waals surface area (Å²) in [7, 11) is 1.46. The summed E-state index contributed by atoms with van der Waals surface area (Å²) in [6, 6.07) is 0. The third-order valence-corrected chi connectivity index (χ3v) is 4.27. The first kappa shape index (κ1) is 21.2. The molecule has 0 aliphatic carbocycles. The summed E-state index contributed by atoms with van der Waals surface area (Å²) in [5.74, 6) is -0.0741. The zero-order valence-electron chi connectivity index (χ0n) is 15.1. The fourth-order valence-electron chi connectivity index (χ4n) is 2.73. The number of rotatable bonds is 16. The van der Waals surface area contributed by atoms with Gasteiger partial charge in [0.05, 0.1) is 7.11 Å². The van der Waals surface area contributed by atoms with Crippen LogP contribution in [0.4, 0.5) is 0 Å². The lowest BCUT2D eigenvalue weighted by molar-refractivity contribution is -0.140. The van der Waals surface area contributed by atoms with Crippen LogP contribution in [0, 0.1) is 0 Å². The van der Waals surface area contributed by atoms with Crippen molar-refractivity contribution in [1.29, 1.82) is 0 Å². The Balaban J connectivity index is 3.16. The molecule has 0 amide bonds. The van der Waals surface area contributed by atoms with Crippen LogP contribution in [-0.4, -0.2) is 13.1 Å². The lowest BCUT2D eigenvalue weighted by Gasteiger charge is -2.06. The lowest BCUT2D eigenvalue weighted by atomic mass is 10.0. The van der Waals surface area contributed by atoms with Crippen molar-refractivity contribution >= 4 is 5.97 Å². The number of carbonyl (C=O) groups excluding carboxylic acids is 1. The van der Waals surface area contributed by atoms with E-state index in [1.165, 1.54) is 89.7 Å². The molecule has 0 fully saturated rings. The highest BCUT2D eigenvalue weighted by atomic mass is 16.5. The van der Waals surface area contributed by atoms with Gasteiger partial charge < -0.3 is 4.74 Å². The van der Waals surface area contributed by atoms with Gasteiger partial charge in [0.1, 0.15) is 0 Å². The van der Waals surface area contributed by atoms with Crippen molar-refractivity contribution < 1.29 is 9.53 Å². The van der Waals surface area contributed by atoms with Gasteiger partial charge in [0, 0.05) is 6.42 Å². The summed E-state index contributed by atoms with van der Waals surface area (Å²) >= 11 is 0. The molecule has 0 bridgehead atoms. The van der Waals surface area contributed by atoms with Crippen molar-refractivity contribution in [2.75, 3.05) is 7.11 Å². The molecule has 0 unspecified atom stereocenters. The maximum absolute atomic E-state index is 10.9. The van der Waals surface area contributed by atoms with Crippen molar-refractivity contribution in [3.8, 4) is 0 Å². The number of unbranched alkanes of at least 4 members (excludes halogenated alkanes) is 10. The maximum atomic E-state index is 10.9. The molecule has 0 radical (unpaired) electrons. The minimum Gasteiger partial charge on any atom is -0.469 e. The predicted octanol–water partition coefficient (Wildman–Crippen LogP) is 6.59. The number of hydrogen-bond donors (Lipinski definition) is 0. The number of hydrogen-bond acceptors (Lipinski definition) is 2. The van der Waals surface area contributed by atoms with E-state index in [0.29, 0.717) is 6.42 Å². The van der Waals surface area contributed by atoms with Crippen molar-refractivity contribution in [3.05, 3.63) is 12.2 Å². The first-order valence-corrected chi connectivity index (χ1v) is 9.44. The molecule has 22 heavy (non-hydrogen) atoms. The van der Waals surface area contributed by atoms with E-state index >= 15 is 0 Å². The Labute approximate surface area is 138 Å². The van der Waals surface area contributed by atoms with Crippen molar-refractivity contribution in [2.24, 2.45) is 0 Å². The normalized spacial score (nSPS) is 10.6. The van der Waals surface area contributed by atoms with Gasteiger partial charge in [0.25, 0.3) is 0 Å². The molecule has 130 valence electrons. The molecule has 0 saturated heterocycles. The Hall–Kier alpha value is -0.790. The van der Waals surface area contributed by atoms with Gasteiger partial charge in [0.2, 0.25) is 0 Å². The highest BCUT2D eigenvalue weighted by molar-refractivity contribution is 5.68. The standard InChI is InChI=1S/C20H38O2/c1-4-5-6-13-16-19(2)17-14-11-9-7-8-10-12-15-18-20(21)22-3/h2,4-18H2,1,3H3. The van der Waals surface area contributed by atoms with E-state index in [9.17, 15) is 4.79 Å². The van der Waals surface area contributed by atoms with Crippen LogP contribution in [0.1, 0.15) is 103 Å². The van der Waals surface area contributed by atoms with Crippen LogP contribution in [0.2, 0.25) is 0 Å². The van der Waals surface area contributed by atoms with Gasteiger partial charge in [-0.25, -0.2) is 0 Å². The van der Waals surface area contributed by atoms with Crippen LogP contribution >= 0.6 is 0 Å². The molecular formula is C20H38O2. The van der Waals surface area contributed by atoms with E-state index in [4.69, 9.17) is 0 Å². The van der Waals surface area contributed by atoms with Crippen LogP contribution in [0.3, 0.4) is 0 Å². The molecule has 0 rings (SSSR count). The molecular weight excluding hydrogens is 272 g/mol. The Bertz CT molecular complexity index is 271. The summed E-state index contributed by atoms with van der Waals surface area (Å²) < 4.78 is 4.63. The Morgan fingerprint density at radius 2 is 1.14 bits per heavy atom. The zero-order chi connectivity index (χ0) is 16.5. The van der Waals surface area contributed by atoms with Crippen molar-refractivity contribution in [2.45, 2.75) is 103 Å². The van der Waals surface area contributed by atoms with Crippen molar-refractivity contribution in [3.63, 3.8) is 0 Å². The average Bonchev–Trinajstić information content (AvgIpc) is 2.53. The highest BCUT2D eigenvalue weighted by Crippen LogP contribution is 2.16. The van der Waals surface area contributed by atoms with Crippen LogP contribution in [0.5, 0.6) is 0 Å². The molecule has 0 aromatic carbocycles. The average molecular weight is 311 g/mol. The van der Waals surface area contributed by atoms with Gasteiger partial charge >= 0.3 is 5.97 Å². The van der Waals surface area contributed by atoms with Gasteiger partial charge in [-0.15, -0.1) is 0 Å². The van der Waals surface area contributed by atoms with Crippen LogP contribution in [0.25, 0.3) is 0 Å². The second kappa shape index (κ2) is 16.6. The zero-order valence-corrected chi connectivity index (χ0v) is 15.1. The topological polar surface area (TPSA) is 26.3 Å². The van der Waals surface area contributed by atoms with Crippen molar-refractivity contribution in [1.82, 2.24) is 0 Å². The number of methoxy groups -OCH3 is 1. The Morgan fingerprint density at radius 3 is 1.59 bits per heavy atom. The smallest absolute Gasteiger partial charge is 0.305 e. The predicted molar refractivity (Wildman–Crippen MR) is 96.1 cm³/mol. The summed E-state index contributed by atoms with van der Waals surface area (Å²) in [6.45, 7) is 6.46. The van der Waals surface area contributed by atoms with E-state index in [2.05, 4.69) is 18.2 Å². The highest BCUT2D eigenvalue weighted by Gasteiger charge is 1.99. The molecule has 0 N–H and O–H groups in total. The monoisotopic (exact) mass is 310 g/mol. The van der Waals surface area contributed by atoms with E-state index in [1.807, 2.05) is 0 Å². The fourth-order valence-corrected chi connectivity index (χ4v) is 2.73. The summed E-state index contributed by atoms with van der Waals surface area (Å²) in [5, 5.41) is 0. The van der Waals surface area contributed by atoms with E-state index < -0.39 is 0 Å². The van der Waals surface area contributed by atoms with Gasteiger partial charge in [-0.2, -0.15) is 0 Å². The number of esters is 1. The molecule has 2 nitrogen and oxygen atoms in total. The van der Waals surface area contributed by atoms with E-state index in [0.717, 1.165) is 12.8 Å². The summed E-state index contributed by atoms with van der Waals surface area (Å²) in [6.07, 6.45) is 18.5. The van der Waals surface area contributed by atoms with Crippen LogP contribution in [-0.2, 0) is 9.53 Å². The summed E-state index contributed by atoms with van der Waals surface area (Å²) in [4.78, 5) is 10.9. The largest absolute Gasteiger partial charge is 0.469 e. The Kier molecular flexibility index (Phi) is 16.0. The Morgan fingerprint density at radius 1 is 0.727 bits per heavy atom. The van der Waals surface area contributed by atoms with Gasteiger partial charge in [0.15, 0.2) is 0 Å². The third-order valence-electron chi connectivity index (χ3n) is 4.27. The minimum absolute atomic E-state index is 0.0741. The molecule has 0 saturated carbocycles. The third kappa shape index (κ3) is 15.6. The lowest BCUT2D eigenvalue weighted by Crippen LogP contribution is -1.99. The first-order chi connectivity index (χ1) is 10.7. The quantitative estimate of drug-likeness (QED) is 0.183. The molecule has 0 spiro atoms. The molecule has 2 heteroatoms. The molecule has 0 atom stereocenters. The van der Waals surface area contributed by atoms with Crippen LogP contribution in [0.15, 0.2) is 12.2 Å². The van der Waals surface area contributed by atoms with Gasteiger partial charge in [-0.3, -0.25) is 4.79 Å². The van der Waals surface area contributed by atoms with Gasteiger partial charge in [-0.1, -0.05) is 76.9 Å².